The van der Waals surface area contributed by atoms with E-state index >= 15 is 0 Å². The van der Waals surface area contributed by atoms with Crippen molar-refractivity contribution in [1.82, 2.24) is 54.7 Å². The first-order chi connectivity index (χ1) is 52.3. The minimum absolute atomic E-state index is 0. The second-order valence-electron chi connectivity index (χ2n) is 23.9. The molecule has 0 unspecified atom stereocenters. The Kier molecular flexibility index (Phi) is 43.1. The molecule has 0 saturated carbocycles. The van der Waals surface area contributed by atoms with Crippen molar-refractivity contribution in [2.75, 3.05) is 59.8 Å². The number of likely N-dealkylation sites (N-methyl/N-ethyl adjacent to an activating group) is 1. The Bertz CT molecular complexity index is 4770. The van der Waals surface area contributed by atoms with Gasteiger partial charge < -0.3 is 26.6 Å². The summed E-state index contributed by atoms with van der Waals surface area (Å²) in [6, 6.07) is 57.1. The number of benzene rings is 6. The summed E-state index contributed by atoms with van der Waals surface area (Å²) in [7, 11) is 2.17. The van der Waals surface area contributed by atoms with E-state index in [9.17, 15) is 14.4 Å². The number of nitrogen functional groups attached to an aromatic ring is 1. The van der Waals surface area contributed by atoms with Gasteiger partial charge in [0.2, 0.25) is 17.8 Å². The predicted octanol–water partition coefficient (Wildman–Crippen LogP) is 22.6. The van der Waals surface area contributed by atoms with Crippen molar-refractivity contribution in [2.24, 2.45) is 0 Å². The number of ketones is 2. The van der Waals surface area contributed by atoms with Crippen LogP contribution in [0.3, 0.4) is 0 Å². The second kappa shape index (κ2) is 50.7. The van der Waals surface area contributed by atoms with Crippen LogP contribution in [0, 0.1) is 20.8 Å². The molecule has 13 rings (SSSR count). The maximum atomic E-state index is 13.0. The number of hydrogen-bond acceptors (Lipinski definition) is 18. The number of aromatic nitrogens is 9. The van der Waals surface area contributed by atoms with E-state index in [1.807, 2.05) is 171 Å². The number of nitrogens with one attached hydrogen (secondary N) is 3. The topological polar surface area (TPSA) is 236 Å². The molecule has 6 aromatic heterocycles. The molecule has 1 aliphatic heterocycles. The average molecular weight is 2340 g/mol. The van der Waals surface area contributed by atoms with E-state index in [4.69, 9.17) is 40.5 Å². The van der Waals surface area contributed by atoms with Gasteiger partial charge in [-0.2, -0.15) is 0 Å². The Morgan fingerprint density at radius 1 is 0.459 bits per heavy atom. The Labute approximate surface area is 744 Å². The fourth-order valence-corrected chi connectivity index (χ4v) is 10.9. The number of alkyl halides is 3. The van der Waals surface area contributed by atoms with Crippen LogP contribution in [0.1, 0.15) is 75.6 Å². The molecule has 0 spiro atoms. The van der Waals surface area contributed by atoms with Crippen molar-refractivity contribution in [1.29, 1.82) is 0 Å². The van der Waals surface area contributed by atoms with E-state index < -0.39 is 5.24 Å². The first kappa shape index (κ1) is 92.6. The van der Waals surface area contributed by atoms with Gasteiger partial charge in [0.05, 0.1) is 17.1 Å². The zero-order valence-corrected chi connectivity index (χ0v) is 78.8. The molecule has 18 nitrogen and oxygen atoms in total. The number of Topliss-reactive ketones (excluding diaryl/α,β-unsaturated/α-hetero) is 2. The molecule has 0 amide bonds. The number of rotatable bonds is 20. The number of anilines is 7. The number of halogens is 10. The SMILES string of the molecule is CI.Cc1ccc(CC(=O)c2ccc(CCl)cc2)cc1Nc1nccc(-c2cccnc2)n1.Cc1ccc(CC(=O)c2ccc(CN3CCN(C)CC3)cc2)cc1Nc1nccc(-c2cccnc2)n1.Cc1ccc(N)cc1Nc1nccc(-c2cccnc2)n1.I.II.O=C(Cl)c1ccc(CCl)cc1.[I][V]([I])[I]. The second-order valence-corrected chi connectivity index (χ2v) is 60.1. The Hall–Kier alpha value is -5.30. The molecule has 1 aliphatic rings. The molecular formula is C80H78Cl3I7N15O3V. The van der Waals surface area contributed by atoms with Gasteiger partial charge in [-0.3, -0.25) is 34.2 Å². The van der Waals surface area contributed by atoms with E-state index in [2.05, 4.69) is 210 Å². The molecule has 5 N–H and O–H groups in total. The third-order valence-corrected chi connectivity index (χ3v) is 17.1. The van der Waals surface area contributed by atoms with Crippen LogP contribution in [0.2, 0.25) is 0 Å². The molecule has 6 aromatic carbocycles. The van der Waals surface area contributed by atoms with E-state index in [0.717, 1.165) is 128 Å². The molecule has 1 fully saturated rings. The summed E-state index contributed by atoms with van der Waals surface area (Å²) in [6.07, 6.45) is 16.3. The normalized spacial score (nSPS) is 11.3. The van der Waals surface area contributed by atoms with Crippen LogP contribution in [-0.4, -0.2) is 110 Å². The van der Waals surface area contributed by atoms with Gasteiger partial charge in [-0.25, -0.2) is 29.9 Å². The molecule has 0 aliphatic carbocycles. The van der Waals surface area contributed by atoms with Crippen LogP contribution >= 0.6 is 179 Å². The maximum absolute atomic E-state index is 13.0. The molecule has 566 valence electrons. The van der Waals surface area contributed by atoms with Crippen molar-refractivity contribution in [3.05, 3.63) is 299 Å². The van der Waals surface area contributed by atoms with Gasteiger partial charge in [0.1, 0.15) is 0 Å². The molecular weight excluding hydrogens is 2260 g/mol. The number of nitrogens with two attached hydrogens (primary N) is 1. The molecule has 12 aromatic rings. The number of aryl methyl sites for hydroxylation is 3. The van der Waals surface area contributed by atoms with Gasteiger partial charge in [0.25, 0.3) is 5.24 Å². The van der Waals surface area contributed by atoms with E-state index in [-0.39, 0.29) is 40.5 Å². The molecule has 0 bridgehead atoms. The summed E-state index contributed by atoms with van der Waals surface area (Å²) < 4.78 is 0. The van der Waals surface area contributed by atoms with Crippen LogP contribution < -0.4 is 21.7 Å². The van der Waals surface area contributed by atoms with E-state index in [1.165, 1.54) is 5.56 Å². The average Bonchev–Trinajstić information content (AvgIpc) is 0.840. The number of pyridine rings is 3. The Balaban J connectivity index is 0.000000232. The fourth-order valence-electron chi connectivity index (χ4n) is 10.4. The first-order valence-electron chi connectivity index (χ1n) is 33.3. The van der Waals surface area contributed by atoms with Crippen LogP contribution in [0.4, 0.5) is 40.6 Å². The number of carbonyl (C=O) groups excluding carboxylic acids is 3. The van der Waals surface area contributed by atoms with Gasteiger partial charge >= 0.3 is 64.9 Å². The van der Waals surface area contributed by atoms with Crippen molar-refractivity contribution >= 4 is 236 Å². The van der Waals surface area contributed by atoms with Crippen LogP contribution in [0.15, 0.2) is 238 Å². The summed E-state index contributed by atoms with van der Waals surface area (Å²) in [6.45, 7) is 11.3. The number of carbonyl (C=O) groups is 3. The van der Waals surface area contributed by atoms with Gasteiger partial charge in [-0.15, -0.1) is 47.2 Å². The fraction of sp³-hybridized carbons (Fsp3) is 0.175. The molecule has 1 saturated heterocycles. The molecule has 0 atom stereocenters. The Morgan fingerprint density at radius 3 is 1.13 bits per heavy atom. The van der Waals surface area contributed by atoms with Crippen molar-refractivity contribution in [2.45, 2.75) is 51.9 Å². The Morgan fingerprint density at radius 2 is 0.789 bits per heavy atom. The van der Waals surface area contributed by atoms with Crippen LogP contribution in [0.25, 0.3) is 33.8 Å². The molecule has 7 heterocycles. The summed E-state index contributed by atoms with van der Waals surface area (Å²) in [5, 5.41) is 9.37. The van der Waals surface area contributed by atoms with Gasteiger partial charge in [-0.1, -0.05) is 114 Å². The summed E-state index contributed by atoms with van der Waals surface area (Å²) >= 11 is 30.4. The van der Waals surface area contributed by atoms with Gasteiger partial charge in [0, 0.05) is 206 Å². The number of hydrogen-bond donors (Lipinski definition) is 4. The number of piperazine rings is 1. The van der Waals surface area contributed by atoms with Gasteiger partial charge in [0.15, 0.2) is 11.6 Å². The third kappa shape index (κ3) is 32.3. The zero-order chi connectivity index (χ0) is 77.7. The molecule has 29 heteroatoms. The molecule has 109 heavy (non-hydrogen) atoms. The third-order valence-electron chi connectivity index (χ3n) is 16.2. The van der Waals surface area contributed by atoms with E-state index in [1.54, 1.807) is 80.0 Å². The quantitative estimate of drug-likeness (QED) is 0.0182. The molecule has 0 radical (unpaired) electrons. The zero-order valence-electron chi connectivity index (χ0n) is 59.9. The predicted molar refractivity (Wildman–Crippen MR) is 507 cm³/mol. The summed E-state index contributed by atoms with van der Waals surface area (Å²) in [4.78, 5) is 81.9. The minimum atomic E-state index is -0.439. The number of nitrogens with zero attached hydrogens (tertiary/aromatic N) is 11. The summed E-state index contributed by atoms with van der Waals surface area (Å²) in [5.41, 5.74) is 24.6. The monoisotopic (exact) mass is 2340 g/mol. The van der Waals surface area contributed by atoms with Crippen molar-refractivity contribution in [3.8, 4) is 33.8 Å². The van der Waals surface area contributed by atoms with Crippen LogP contribution in [0.5, 0.6) is 0 Å². The van der Waals surface area contributed by atoms with Crippen molar-refractivity contribution < 1.29 is 19.3 Å². The van der Waals surface area contributed by atoms with Crippen molar-refractivity contribution in [3.63, 3.8) is 0 Å². The standard InChI is InChI=1S/C30H32N6O.C25H21ClN4O.C16H15N5.C8H6Cl2O.CH3I.I2.4HI.V/c1-22-5-6-24(18-28(22)34-30-32-13-11-27(33-30)26-4-3-12-31-20-26)19-29(37)25-9-7-23(8-10-25)21-36-16-14-35(2)15-17-36;1-17-4-5-19(14-24(31)20-8-6-18(15-26)7-9-20)13-23(17)30-25-28-12-10-22(29-25)21-3-2-11-27-16-21;1-11-4-5-13(17)9-15(11)21-16-19-8-6-14(20-16)12-3-2-7-18-10-12;9-5-6-1-3-7(4-2-6)8(10)11;2*1-2;;;;;/h3-13,18,20H,14-17,19,21H2,1-2H3,(H,32,33,34);2-13,16H,14-15H2,1H3,(H,28,29,30);2-10H,17H2,1H3,(H,19,20,21);1-4H,5H2;1H3;;4*1H;/q;;;;;;;;;;+3/p-3. The first-order valence-corrected chi connectivity index (χ1v) is 56.7. The van der Waals surface area contributed by atoms with Gasteiger partial charge in [-0.05, 0) is 180 Å². The van der Waals surface area contributed by atoms with E-state index in [0.29, 0.717) is 59.3 Å². The summed E-state index contributed by atoms with van der Waals surface area (Å²) in [5.74, 6) is 2.59. The van der Waals surface area contributed by atoms with Crippen LogP contribution in [-0.2, 0) is 36.1 Å².